The van der Waals surface area contributed by atoms with E-state index in [1.54, 1.807) is 0 Å². The molecule has 2 N–H and O–H groups in total. The van der Waals surface area contributed by atoms with Crippen LogP contribution in [0.15, 0.2) is 18.3 Å². The van der Waals surface area contributed by atoms with Gasteiger partial charge in [-0.2, -0.15) is 0 Å². The van der Waals surface area contributed by atoms with Crippen LogP contribution in [0.25, 0.3) is 0 Å². The second-order valence-electron chi connectivity index (χ2n) is 4.23. The molecule has 0 bridgehead atoms. The van der Waals surface area contributed by atoms with Crippen LogP contribution in [-0.4, -0.2) is 18.1 Å². The quantitative estimate of drug-likeness (QED) is 0.803. The third-order valence-electron chi connectivity index (χ3n) is 2.61. The van der Waals surface area contributed by atoms with Crippen molar-refractivity contribution in [2.24, 2.45) is 5.73 Å². The molecule has 0 spiro atoms. The summed E-state index contributed by atoms with van der Waals surface area (Å²) in [4.78, 5) is 6.81. The van der Waals surface area contributed by atoms with Crippen LogP contribution < -0.4 is 10.6 Å². The monoisotopic (exact) mass is 221 g/mol. The lowest BCUT2D eigenvalue weighted by molar-refractivity contribution is 0.731. The highest BCUT2D eigenvalue weighted by Crippen LogP contribution is 2.15. The van der Waals surface area contributed by atoms with E-state index in [0.717, 1.165) is 37.3 Å². The van der Waals surface area contributed by atoms with Crippen molar-refractivity contribution in [1.82, 2.24) is 4.98 Å². The third-order valence-corrected chi connectivity index (χ3v) is 2.61. The van der Waals surface area contributed by atoms with Gasteiger partial charge in [0.1, 0.15) is 5.82 Å². The molecule has 1 heterocycles. The molecule has 3 nitrogen and oxygen atoms in total. The van der Waals surface area contributed by atoms with Crippen molar-refractivity contribution >= 4 is 5.82 Å². The molecule has 90 valence electrons. The Labute approximate surface area is 98.7 Å². The topological polar surface area (TPSA) is 42.1 Å². The van der Waals surface area contributed by atoms with E-state index in [9.17, 15) is 0 Å². The van der Waals surface area contributed by atoms with E-state index in [1.807, 2.05) is 13.1 Å². The van der Waals surface area contributed by atoms with Crippen molar-refractivity contribution in [2.75, 3.05) is 18.0 Å². The minimum Gasteiger partial charge on any atom is -0.357 e. The van der Waals surface area contributed by atoms with E-state index in [0.29, 0.717) is 0 Å². The Bertz CT molecular complexity index is 287. The number of pyridine rings is 1. The Balaban J connectivity index is 2.76. The summed E-state index contributed by atoms with van der Waals surface area (Å²) in [5.41, 5.74) is 6.90. The van der Waals surface area contributed by atoms with Crippen LogP contribution in [0.4, 0.5) is 5.82 Å². The lowest BCUT2D eigenvalue weighted by Crippen LogP contribution is -2.25. The molecule has 1 atom stereocenters. The van der Waals surface area contributed by atoms with Gasteiger partial charge in [-0.15, -0.1) is 0 Å². The highest BCUT2D eigenvalue weighted by molar-refractivity contribution is 5.39. The number of nitrogens with two attached hydrogens (primary N) is 1. The number of nitrogens with zero attached hydrogens (tertiary/aromatic N) is 2. The van der Waals surface area contributed by atoms with E-state index < -0.39 is 0 Å². The summed E-state index contributed by atoms with van der Waals surface area (Å²) in [6.45, 7) is 8.50. The standard InChI is InChI=1S/C13H23N3/c1-4-8-16(9-5-2)13-7-6-12(10-15-13)11(3)14/h6-7,10-11H,4-5,8-9,14H2,1-3H3. The molecule has 3 heteroatoms. The number of aromatic nitrogens is 1. The fourth-order valence-electron chi connectivity index (χ4n) is 1.73. The van der Waals surface area contributed by atoms with Crippen LogP contribution in [0.2, 0.25) is 0 Å². The minimum absolute atomic E-state index is 0.0624. The van der Waals surface area contributed by atoms with E-state index in [-0.39, 0.29) is 6.04 Å². The van der Waals surface area contributed by atoms with Crippen LogP contribution >= 0.6 is 0 Å². The molecule has 0 aliphatic rings. The summed E-state index contributed by atoms with van der Waals surface area (Å²) in [7, 11) is 0. The molecule has 16 heavy (non-hydrogen) atoms. The summed E-state index contributed by atoms with van der Waals surface area (Å²) < 4.78 is 0. The summed E-state index contributed by atoms with van der Waals surface area (Å²) in [6.07, 6.45) is 4.19. The van der Waals surface area contributed by atoms with Gasteiger partial charge in [0.15, 0.2) is 0 Å². The van der Waals surface area contributed by atoms with Gasteiger partial charge in [-0.05, 0) is 31.4 Å². The normalized spacial score (nSPS) is 12.5. The Morgan fingerprint density at radius 2 is 1.88 bits per heavy atom. The first kappa shape index (κ1) is 13.0. The first-order valence-electron chi connectivity index (χ1n) is 6.15. The first-order valence-corrected chi connectivity index (χ1v) is 6.15. The number of anilines is 1. The summed E-state index contributed by atoms with van der Waals surface area (Å²) in [5.74, 6) is 1.06. The highest BCUT2D eigenvalue weighted by atomic mass is 15.2. The van der Waals surface area contributed by atoms with Gasteiger partial charge in [0, 0.05) is 25.3 Å². The van der Waals surface area contributed by atoms with Crippen LogP contribution in [0, 0.1) is 0 Å². The second-order valence-corrected chi connectivity index (χ2v) is 4.23. The predicted molar refractivity (Wildman–Crippen MR) is 69.6 cm³/mol. The molecule has 1 aromatic heterocycles. The average Bonchev–Trinajstić information content (AvgIpc) is 2.29. The number of hydrogen-bond acceptors (Lipinski definition) is 3. The third kappa shape index (κ3) is 3.49. The van der Waals surface area contributed by atoms with Crippen molar-refractivity contribution in [3.63, 3.8) is 0 Å². The molecule has 0 radical (unpaired) electrons. The van der Waals surface area contributed by atoms with Gasteiger partial charge < -0.3 is 10.6 Å². The molecule has 0 fully saturated rings. The minimum atomic E-state index is 0.0624. The maximum absolute atomic E-state index is 5.80. The Hall–Kier alpha value is -1.09. The lowest BCUT2D eigenvalue weighted by atomic mass is 10.1. The van der Waals surface area contributed by atoms with Crippen LogP contribution in [0.5, 0.6) is 0 Å². The fraction of sp³-hybridized carbons (Fsp3) is 0.615. The Morgan fingerprint density at radius 3 is 2.25 bits per heavy atom. The van der Waals surface area contributed by atoms with Crippen molar-refractivity contribution in [3.05, 3.63) is 23.9 Å². The van der Waals surface area contributed by atoms with Crippen molar-refractivity contribution in [3.8, 4) is 0 Å². The molecule has 0 aromatic carbocycles. The molecule has 0 saturated carbocycles. The van der Waals surface area contributed by atoms with E-state index in [4.69, 9.17) is 5.73 Å². The zero-order chi connectivity index (χ0) is 12.0. The molecular formula is C13H23N3. The molecule has 1 rings (SSSR count). The number of rotatable bonds is 6. The molecule has 1 aromatic rings. The fourth-order valence-corrected chi connectivity index (χ4v) is 1.73. The molecule has 0 aliphatic carbocycles. The van der Waals surface area contributed by atoms with E-state index in [2.05, 4.69) is 35.9 Å². The summed E-state index contributed by atoms with van der Waals surface area (Å²) in [6, 6.07) is 4.21. The molecular weight excluding hydrogens is 198 g/mol. The largest absolute Gasteiger partial charge is 0.357 e. The zero-order valence-corrected chi connectivity index (χ0v) is 10.6. The lowest BCUT2D eigenvalue weighted by Gasteiger charge is -2.22. The molecule has 1 unspecified atom stereocenters. The highest BCUT2D eigenvalue weighted by Gasteiger charge is 2.06. The predicted octanol–water partition coefficient (Wildman–Crippen LogP) is 2.73. The summed E-state index contributed by atoms with van der Waals surface area (Å²) >= 11 is 0. The van der Waals surface area contributed by atoms with Gasteiger partial charge in [-0.1, -0.05) is 19.9 Å². The average molecular weight is 221 g/mol. The molecule has 0 amide bonds. The second kappa shape index (κ2) is 6.48. The van der Waals surface area contributed by atoms with E-state index in [1.165, 1.54) is 0 Å². The maximum Gasteiger partial charge on any atom is 0.128 e. The SMILES string of the molecule is CCCN(CCC)c1ccc(C(C)N)cn1. The van der Waals surface area contributed by atoms with Gasteiger partial charge in [0.2, 0.25) is 0 Å². The zero-order valence-electron chi connectivity index (χ0n) is 10.6. The number of hydrogen-bond donors (Lipinski definition) is 1. The molecule has 0 aliphatic heterocycles. The Kier molecular flexibility index (Phi) is 5.26. The van der Waals surface area contributed by atoms with Gasteiger partial charge in [0.05, 0.1) is 0 Å². The van der Waals surface area contributed by atoms with Gasteiger partial charge in [0.25, 0.3) is 0 Å². The summed E-state index contributed by atoms with van der Waals surface area (Å²) in [5, 5.41) is 0. The maximum atomic E-state index is 5.80. The van der Waals surface area contributed by atoms with Crippen molar-refractivity contribution < 1.29 is 0 Å². The van der Waals surface area contributed by atoms with Crippen molar-refractivity contribution in [2.45, 2.75) is 39.7 Å². The van der Waals surface area contributed by atoms with E-state index >= 15 is 0 Å². The Morgan fingerprint density at radius 1 is 1.25 bits per heavy atom. The smallest absolute Gasteiger partial charge is 0.128 e. The van der Waals surface area contributed by atoms with Gasteiger partial charge in [-0.25, -0.2) is 4.98 Å². The first-order chi connectivity index (χ1) is 7.69. The van der Waals surface area contributed by atoms with Gasteiger partial charge >= 0.3 is 0 Å². The van der Waals surface area contributed by atoms with Crippen molar-refractivity contribution in [1.29, 1.82) is 0 Å². The molecule has 0 saturated heterocycles. The van der Waals surface area contributed by atoms with Crippen LogP contribution in [0.3, 0.4) is 0 Å². The van der Waals surface area contributed by atoms with Crippen LogP contribution in [-0.2, 0) is 0 Å². The van der Waals surface area contributed by atoms with Gasteiger partial charge in [-0.3, -0.25) is 0 Å². The van der Waals surface area contributed by atoms with Crippen LogP contribution in [0.1, 0.15) is 45.2 Å².